The van der Waals surface area contributed by atoms with E-state index in [2.05, 4.69) is 4.74 Å². The number of esters is 1. The number of carbonyl (C=O) groups excluding carboxylic acids is 1. The third-order valence-corrected chi connectivity index (χ3v) is 7.37. The van der Waals surface area contributed by atoms with E-state index in [0.717, 1.165) is 43.5 Å². The van der Waals surface area contributed by atoms with Gasteiger partial charge in [-0.2, -0.15) is 26.3 Å². The summed E-state index contributed by atoms with van der Waals surface area (Å²) in [7, 11) is 1.06. The molecule has 1 saturated heterocycles. The summed E-state index contributed by atoms with van der Waals surface area (Å²) in [4.78, 5) is 13.9. The van der Waals surface area contributed by atoms with Gasteiger partial charge in [0.2, 0.25) is 0 Å². The number of hydrogen-bond donors (Lipinski definition) is 0. The van der Waals surface area contributed by atoms with E-state index in [-0.39, 0.29) is 17.5 Å². The monoisotopic (exact) mass is 579 g/mol. The van der Waals surface area contributed by atoms with Crippen LogP contribution in [0.4, 0.5) is 35.1 Å². The number of piperidine rings is 1. The van der Waals surface area contributed by atoms with Gasteiger partial charge in [0.25, 0.3) is 5.92 Å². The van der Waals surface area contributed by atoms with Crippen LogP contribution < -0.4 is 0 Å². The Labute approximate surface area is 228 Å². The Kier molecular flexibility index (Phi) is 9.28. The SMILES string of the molecule is COC(=O)C[C@@H]1[C@@H](c2ccc(C(F)(F)F)cc2)N([C@H](CCC(C)(C)C)c2ccc(C(F)(F)F)cc2)CCC1(F)F. The maximum atomic E-state index is 15.4. The van der Waals surface area contributed by atoms with Gasteiger partial charge in [-0.25, -0.2) is 8.78 Å². The summed E-state index contributed by atoms with van der Waals surface area (Å²) < 4.78 is 115. The van der Waals surface area contributed by atoms with Crippen molar-refractivity contribution in [3.63, 3.8) is 0 Å². The predicted octanol–water partition coefficient (Wildman–Crippen LogP) is 8.85. The van der Waals surface area contributed by atoms with Crippen molar-refractivity contribution in [2.75, 3.05) is 13.7 Å². The molecule has 222 valence electrons. The average Bonchev–Trinajstić information content (AvgIpc) is 2.84. The smallest absolute Gasteiger partial charge is 0.416 e. The van der Waals surface area contributed by atoms with Gasteiger partial charge in [0.15, 0.2) is 0 Å². The lowest BCUT2D eigenvalue weighted by Crippen LogP contribution is -2.51. The summed E-state index contributed by atoms with van der Waals surface area (Å²) in [6.45, 7) is 5.71. The molecule has 0 aromatic heterocycles. The molecular formula is C29H33F8NO2. The van der Waals surface area contributed by atoms with Crippen molar-refractivity contribution < 1.29 is 44.7 Å². The molecular weight excluding hydrogens is 546 g/mol. The second-order valence-electron chi connectivity index (χ2n) is 11.4. The van der Waals surface area contributed by atoms with Crippen LogP contribution in [0.5, 0.6) is 0 Å². The van der Waals surface area contributed by atoms with Crippen molar-refractivity contribution in [1.29, 1.82) is 0 Å². The molecule has 3 atom stereocenters. The Bertz CT molecular complexity index is 1140. The molecule has 11 heteroatoms. The zero-order valence-corrected chi connectivity index (χ0v) is 22.7. The van der Waals surface area contributed by atoms with Gasteiger partial charge in [-0.15, -0.1) is 0 Å². The summed E-state index contributed by atoms with van der Waals surface area (Å²) in [5, 5.41) is 0. The van der Waals surface area contributed by atoms with E-state index < -0.39 is 66.2 Å². The molecule has 3 nitrogen and oxygen atoms in total. The quantitative estimate of drug-likeness (QED) is 0.243. The zero-order valence-electron chi connectivity index (χ0n) is 22.7. The molecule has 0 radical (unpaired) electrons. The van der Waals surface area contributed by atoms with Crippen molar-refractivity contribution in [1.82, 2.24) is 4.90 Å². The highest BCUT2D eigenvalue weighted by Gasteiger charge is 2.53. The van der Waals surface area contributed by atoms with Gasteiger partial charge in [-0.05, 0) is 53.6 Å². The molecule has 0 unspecified atom stereocenters. The summed E-state index contributed by atoms with van der Waals surface area (Å²) >= 11 is 0. The largest absolute Gasteiger partial charge is 0.469 e. The van der Waals surface area contributed by atoms with Gasteiger partial charge < -0.3 is 4.74 Å². The Morgan fingerprint density at radius 3 is 1.88 bits per heavy atom. The van der Waals surface area contributed by atoms with E-state index in [0.29, 0.717) is 18.4 Å². The van der Waals surface area contributed by atoms with Crippen molar-refractivity contribution >= 4 is 5.97 Å². The van der Waals surface area contributed by atoms with E-state index in [1.54, 1.807) is 4.90 Å². The molecule has 0 saturated carbocycles. The number of benzene rings is 2. The first kappa shape index (κ1) is 31.8. The van der Waals surface area contributed by atoms with Crippen LogP contribution in [0.2, 0.25) is 0 Å². The number of alkyl halides is 8. The van der Waals surface area contributed by atoms with Crippen molar-refractivity contribution in [3.05, 3.63) is 70.8 Å². The summed E-state index contributed by atoms with van der Waals surface area (Å²) in [6.07, 6.45) is -9.59. The van der Waals surface area contributed by atoms with Crippen LogP contribution in [0.1, 0.15) is 80.8 Å². The van der Waals surface area contributed by atoms with Crippen LogP contribution in [0.3, 0.4) is 0 Å². The number of likely N-dealkylation sites (tertiary alicyclic amines) is 1. The second kappa shape index (κ2) is 11.7. The topological polar surface area (TPSA) is 29.5 Å². The fourth-order valence-electron chi connectivity index (χ4n) is 5.22. The molecule has 1 fully saturated rings. The Hall–Kier alpha value is -2.69. The van der Waals surface area contributed by atoms with Crippen molar-refractivity contribution in [3.8, 4) is 0 Å². The molecule has 0 spiro atoms. The lowest BCUT2D eigenvalue weighted by atomic mass is 9.77. The Balaban J connectivity index is 2.16. The van der Waals surface area contributed by atoms with Crippen LogP contribution in [-0.2, 0) is 21.9 Å². The Morgan fingerprint density at radius 1 is 0.925 bits per heavy atom. The van der Waals surface area contributed by atoms with E-state index in [9.17, 15) is 31.1 Å². The number of halogens is 8. The van der Waals surface area contributed by atoms with Gasteiger partial charge >= 0.3 is 18.3 Å². The lowest BCUT2D eigenvalue weighted by Gasteiger charge is -2.49. The first-order valence-corrected chi connectivity index (χ1v) is 12.9. The molecule has 0 amide bonds. The molecule has 1 aliphatic rings. The first-order valence-electron chi connectivity index (χ1n) is 12.9. The predicted molar refractivity (Wildman–Crippen MR) is 133 cm³/mol. The third-order valence-electron chi connectivity index (χ3n) is 7.37. The molecule has 3 rings (SSSR count). The van der Waals surface area contributed by atoms with Crippen LogP contribution >= 0.6 is 0 Å². The fraction of sp³-hybridized carbons (Fsp3) is 0.552. The summed E-state index contributed by atoms with van der Waals surface area (Å²) in [6, 6.07) is 6.47. The normalized spacial score (nSPS) is 21.2. The molecule has 1 heterocycles. The van der Waals surface area contributed by atoms with Crippen molar-refractivity contribution in [2.24, 2.45) is 11.3 Å². The molecule has 1 aliphatic heterocycles. The highest BCUT2D eigenvalue weighted by atomic mass is 19.4. The van der Waals surface area contributed by atoms with Crippen LogP contribution in [0.25, 0.3) is 0 Å². The van der Waals surface area contributed by atoms with Crippen LogP contribution in [-0.4, -0.2) is 30.4 Å². The minimum atomic E-state index is -4.64. The molecule has 0 N–H and O–H groups in total. The highest BCUT2D eigenvalue weighted by Crippen LogP contribution is 2.51. The fourth-order valence-corrected chi connectivity index (χ4v) is 5.22. The molecule has 40 heavy (non-hydrogen) atoms. The molecule has 0 aliphatic carbocycles. The van der Waals surface area contributed by atoms with Gasteiger partial charge in [-0.3, -0.25) is 9.69 Å². The maximum Gasteiger partial charge on any atom is 0.416 e. The number of methoxy groups -OCH3 is 1. The second-order valence-corrected chi connectivity index (χ2v) is 11.4. The van der Waals surface area contributed by atoms with Gasteiger partial charge in [-0.1, -0.05) is 45.0 Å². The Morgan fingerprint density at radius 2 is 1.43 bits per heavy atom. The van der Waals surface area contributed by atoms with Crippen molar-refractivity contribution in [2.45, 2.75) is 76.8 Å². The summed E-state index contributed by atoms with van der Waals surface area (Å²) in [5.41, 5.74) is -1.43. The first-order chi connectivity index (χ1) is 18.3. The third kappa shape index (κ3) is 7.73. The lowest BCUT2D eigenvalue weighted by molar-refractivity contribution is -0.165. The zero-order chi connectivity index (χ0) is 30.1. The highest BCUT2D eigenvalue weighted by molar-refractivity contribution is 5.69. The van der Waals surface area contributed by atoms with E-state index in [4.69, 9.17) is 0 Å². The molecule has 2 aromatic carbocycles. The maximum absolute atomic E-state index is 15.4. The standard InChI is InChI=1S/C29H33F8NO2/c1-26(2,3)14-13-23(18-5-9-20(10-6-18)28(32,33)34)38-16-15-27(30,31)22(17-24(39)40-4)25(38)19-7-11-21(12-8-19)29(35,36)37/h5-12,22-23,25H,13-17H2,1-4H3/t22-,23-,25-/m1/s1. The number of carbonyl (C=O) groups is 1. The van der Waals surface area contributed by atoms with E-state index >= 15 is 8.78 Å². The molecule has 0 bridgehead atoms. The van der Waals surface area contributed by atoms with Crippen LogP contribution in [0, 0.1) is 11.3 Å². The van der Waals surface area contributed by atoms with E-state index in [1.807, 2.05) is 20.8 Å². The minimum absolute atomic E-state index is 0.147. The van der Waals surface area contributed by atoms with Gasteiger partial charge in [0.05, 0.1) is 30.6 Å². The summed E-state index contributed by atoms with van der Waals surface area (Å²) in [5.74, 6) is -5.89. The van der Waals surface area contributed by atoms with E-state index in [1.165, 1.54) is 12.1 Å². The number of rotatable bonds is 7. The van der Waals surface area contributed by atoms with Gasteiger partial charge in [0.1, 0.15) is 0 Å². The van der Waals surface area contributed by atoms with Crippen LogP contribution in [0.15, 0.2) is 48.5 Å². The number of nitrogens with zero attached hydrogens (tertiary/aromatic N) is 1. The number of ether oxygens (including phenoxy) is 1. The minimum Gasteiger partial charge on any atom is -0.469 e. The number of hydrogen-bond acceptors (Lipinski definition) is 3. The average molecular weight is 580 g/mol. The molecule has 2 aromatic rings. The van der Waals surface area contributed by atoms with Gasteiger partial charge in [0, 0.05) is 25.0 Å².